The summed E-state index contributed by atoms with van der Waals surface area (Å²) in [6.07, 6.45) is 2.17. The number of carbonyl (C=O) groups excluding carboxylic acids is 1. The van der Waals surface area contributed by atoms with Crippen molar-refractivity contribution in [2.45, 2.75) is 6.04 Å². The molecule has 0 saturated heterocycles. The fraction of sp³-hybridized carbons (Fsp3) is 0.190. The second-order valence-electron chi connectivity index (χ2n) is 6.59. The van der Waals surface area contributed by atoms with Crippen molar-refractivity contribution in [2.24, 2.45) is 0 Å². The number of urea groups is 1. The molecule has 1 unspecified atom stereocenters. The first-order valence-corrected chi connectivity index (χ1v) is 8.51. The predicted molar refractivity (Wildman–Crippen MR) is 99.8 cm³/mol. The lowest BCUT2D eigenvalue weighted by Crippen LogP contribution is -2.49. The zero-order chi connectivity index (χ0) is 17.2. The Morgan fingerprint density at radius 2 is 1.68 bits per heavy atom. The van der Waals surface area contributed by atoms with E-state index in [9.17, 15) is 4.79 Å². The van der Waals surface area contributed by atoms with Gasteiger partial charge in [-0.05, 0) is 35.4 Å². The van der Waals surface area contributed by atoms with Gasteiger partial charge in [0.1, 0.15) is 0 Å². The molecule has 4 heteroatoms. The lowest BCUT2D eigenvalue weighted by Gasteiger charge is -2.38. The van der Waals surface area contributed by atoms with Gasteiger partial charge in [0.25, 0.3) is 0 Å². The summed E-state index contributed by atoms with van der Waals surface area (Å²) in [5.74, 6) is 0. The lowest BCUT2D eigenvalue weighted by molar-refractivity contribution is 0.235. The maximum atomic E-state index is 12.3. The molecule has 2 amide bonds. The van der Waals surface area contributed by atoms with Crippen molar-refractivity contribution in [2.75, 3.05) is 20.1 Å². The molecule has 0 saturated carbocycles. The summed E-state index contributed by atoms with van der Waals surface area (Å²) in [4.78, 5) is 14.6. The molecule has 25 heavy (non-hydrogen) atoms. The Labute approximate surface area is 147 Å². The molecule has 0 radical (unpaired) electrons. The molecule has 0 spiro atoms. The number of hydrogen-bond donors (Lipinski definition) is 2. The van der Waals surface area contributed by atoms with Crippen molar-refractivity contribution in [3.63, 3.8) is 0 Å². The molecule has 0 aromatic heterocycles. The lowest BCUT2D eigenvalue weighted by atomic mass is 9.89. The van der Waals surface area contributed by atoms with Gasteiger partial charge in [0, 0.05) is 18.8 Å². The quantitative estimate of drug-likeness (QED) is 0.887. The third-order valence-corrected chi connectivity index (χ3v) is 4.66. The van der Waals surface area contributed by atoms with E-state index in [2.05, 4.69) is 52.9 Å². The van der Waals surface area contributed by atoms with E-state index in [0.29, 0.717) is 0 Å². The summed E-state index contributed by atoms with van der Waals surface area (Å²) in [6.45, 7) is 1.64. The van der Waals surface area contributed by atoms with Gasteiger partial charge in [-0.2, -0.15) is 0 Å². The number of nitrogens with zero attached hydrogens (tertiary/aromatic N) is 1. The molecule has 0 aliphatic carbocycles. The standard InChI is InChI=1S/C21H21N3O/c1-24-13-17(12-15-8-4-2-5-9-15)20-18(14-24)19(22-21(25)23-20)16-10-6-3-7-11-16/h2-12,19H,13-14H2,1H3,(H2,22,23,25)/b17-12+. The highest BCUT2D eigenvalue weighted by atomic mass is 16.2. The van der Waals surface area contributed by atoms with Crippen LogP contribution in [-0.2, 0) is 0 Å². The van der Waals surface area contributed by atoms with E-state index < -0.39 is 0 Å². The summed E-state index contributed by atoms with van der Waals surface area (Å²) in [5, 5.41) is 6.12. The molecule has 4 nitrogen and oxygen atoms in total. The Hall–Kier alpha value is -2.85. The number of carbonyl (C=O) groups is 1. The van der Waals surface area contributed by atoms with Crippen LogP contribution in [0.1, 0.15) is 17.2 Å². The second-order valence-corrected chi connectivity index (χ2v) is 6.59. The van der Waals surface area contributed by atoms with Crippen molar-refractivity contribution < 1.29 is 4.79 Å². The van der Waals surface area contributed by atoms with E-state index in [1.807, 2.05) is 36.4 Å². The van der Waals surface area contributed by atoms with Gasteiger partial charge in [0.15, 0.2) is 0 Å². The van der Waals surface area contributed by atoms with E-state index in [1.165, 1.54) is 5.57 Å². The summed E-state index contributed by atoms with van der Waals surface area (Å²) < 4.78 is 0. The SMILES string of the molecule is CN1CC2=C(NC(=O)NC2c2ccccc2)/C(=C/c2ccccc2)C1. The van der Waals surface area contributed by atoms with Crippen molar-refractivity contribution in [3.8, 4) is 0 Å². The minimum Gasteiger partial charge on any atom is -0.327 e. The van der Waals surface area contributed by atoms with Gasteiger partial charge in [-0.15, -0.1) is 0 Å². The number of benzene rings is 2. The normalized spacial score (nSPS) is 22.4. The smallest absolute Gasteiger partial charge is 0.319 e. The minimum absolute atomic E-state index is 0.0909. The van der Waals surface area contributed by atoms with Gasteiger partial charge in [-0.1, -0.05) is 60.7 Å². The van der Waals surface area contributed by atoms with Crippen LogP contribution in [0.5, 0.6) is 0 Å². The highest BCUT2D eigenvalue weighted by Gasteiger charge is 2.33. The molecule has 2 aliphatic rings. The Kier molecular flexibility index (Phi) is 4.12. The summed E-state index contributed by atoms with van der Waals surface area (Å²) >= 11 is 0. The van der Waals surface area contributed by atoms with Crippen molar-refractivity contribution in [1.82, 2.24) is 15.5 Å². The second kappa shape index (κ2) is 6.57. The van der Waals surface area contributed by atoms with E-state index in [4.69, 9.17) is 0 Å². The Balaban J connectivity index is 1.80. The number of hydrogen-bond acceptors (Lipinski definition) is 2. The van der Waals surface area contributed by atoms with Crippen LogP contribution in [0.25, 0.3) is 6.08 Å². The highest BCUT2D eigenvalue weighted by Crippen LogP contribution is 2.33. The number of nitrogens with one attached hydrogen (secondary N) is 2. The first-order valence-electron chi connectivity index (χ1n) is 8.51. The molecule has 2 N–H and O–H groups in total. The van der Waals surface area contributed by atoms with Crippen LogP contribution in [0.2, 0.25) is 0 Å². The van der Waals surface area contributed by atoms with Crippen molar-refractivity contribution in [3.05, 3.63) is 88.6 Å². The molecule has 2 aromatic carbocycles. The van der Waals surface area contributed by atoms with Crippen LogP contribution in [0, 0.1) is 0 Å². The predicted octanol–water partition coefficient (Wildman–Crippen LogP) is 3.32. The third-order valence-electron chi connectivity index (χ3n) is 4.66. The summed E-state index contributed by atoms with van der Waals surface area (Å²) in [6, 6.07) is 20.2. The number of likely N-dealkylation sites (N-methyl/N-ethyl adjacent to an activating group) is 1. The molecule has 1 atom stereocenters. The number of amides is 2. The fourth-order valence-corrected chi connectivity index (χ4v) is 3.56. The maximum Gasteiger partial charge on any atom is 0.319 e. The maximum absolute atomic E-state index is 12.3. The molecular formula is C21H21N3O. The van der Waals surface area contributed by atoms with E-state index in [0.717, 1.165) is 35.5 Å². The van der Waals surface area contributed by atoms with Gasteiger partial charge in [-0.3, -0.25) is 4.90 Å². The highest BCUT2D eigenvalue weighted by molar-refractivity contribution is 5.82. The average molecular weight is 331 g/mol. The topological polar surface area (TPSA) is 44.4 Å². The van der Waals surface area contributed by atoms with Gasteiger partial charge in [0.2, 0.25) is 0 Å². The van der Waals surface area contributed by atoms with Crippen LogP contribution in [0.15, 0.2) is 77.5 Å². The molecule has 2 aliphatic heterocycles. The van der Waals surface area contributed by atoms with E-state index >= 15 is 0 Å². The summed E-state index contributed by atoms with van der Waals surface area (Å²) in [7, 11) is 2.11. The molecule has 0 fully saturated rings. The fourth-order valence-electron chi connectivity index (χ4n) is 3.56. The van der Waals surface area contributed by atoms with Crippen molar-refractivity contribution >= 4 is 12.1 Å². The Bertz CT molecular complexity index is 840. The number of rotatable bonds is 2. The zero-order valence-electron chi connectivity index (χ0n) is 14.2. The largest absolute Gasteiger partial charge is 0.327 e. The van der Waals surface area contributed by atoms with Gasteiger partial charge < -0.3 is 10.6 Å². The van der Waals surface area contributed by atoms with Crippen molar-refractivity contribution in [1.29, 1.82) is 0 Å². The van der Waals surface area contributed by atoms with E-state index in [-0.39, 0.29) is 12.1 Å². The zero-order valence-corrected chi connectivity index (χ0v) is 14.2. The minimum atomic E-state index is -0.142. The molecule has 2 heterocycles. The van der Waals surface area contributed by atoms with Crippen LogP contribution in [0.3, 0.4) is 0 Å². The average Bonchev–Trinajstić information content (AvgIpc) is 2.63. The Morgan fingerprint density at radius 1 is 1.00 bits per heavy atom. The molecular weight excluding hydrogens is 310 g/mol. The first-order chi connectivity index (χ1) is 12.2. The van der Waals surface area contributed by atoms with Gasteiger partial charge in [0.05, 0.1) is 6.04 Å². The molecule has 2 aromatic rings. The van der Waals surface area contributed by atoms with Gasteiger partial charge in [-0.25, -0.2) is 4.79 Å². The third kappa shape index (κ3) is 3.21. The van der Waals surface area contributed by atoms with Crippen LogP contribution in [-0.4, -0.2) is 31.1 Å². The molecule has 0 bridgehead atoms. The molecule has 4 rings (SSSR count). The van der Waals surface area contributed by atoms with Gasteiger partial charge >= 0.3 is 6.03 Å². The van der Waals surface area contributed by atoms with Crippen LogP contribution >= 0.6 is 0 Å². The monoisotopic (exact) mass is 331 g/mol. The van der Waals surface area contributed by atoms with Crippen LogP contribution in [0.4, 0.5) is 4.79 Å². The first kappa shape index (κ1) is 15.7. The summed E-state index contributed by atoms with van der Waals surface area (Å²) in [5.41, 5.74) is 5.58. The van der Waals surface area contributed by atoms with E-state index in [1.54, 1.807) is 0 Å². The Morgan fingerprint density at radius 3 is 2.40 bits per heavy atom. The van der Waals surface area contributed by atoms with Crippen LogP contribution < -0.4 is 10.6 Å². The molecule has 126 valence electrons.